The first-order valence-corrected chi connectivity index (χ1v) is 6.53. The lowest BCUT2D eigenvalue weighted by Gasteiger charge is -2.12. The summed E-state index contributed by atoms with van der Waals surface area (Å²) in [5.74, 6) is 0. The van der Waals surface area contributed by atoms with E-state index in [1.165, 1.54) is 0 Å². The minimum absolute atomic E-state index is 0.131. The molecule has 19 heavy (non-hydrogen) atoms. The third kappa shape index (κ3) is 6.67. The lowest BCUT2D eigenvalue weighted by atomic mass is 10.3. The second-order valence-corrected chi connectivity index (χ2v) is 5.06. The maximum Gasteiger partial charge on any atom is 0.319 e. The van der Waals surface area contributed by atoms with Gasteiger partial charge >= 0.3 is 6.03 Å². The zero-order valence-electron chi connectivity index (χ0n) is 12.2. The number of carbonyl (C=O) groups is 1. The van der Waals surface area contributed by atoms with Gasteiger partial charge in [-0.2, -0.15) is 0 Å². The molecule has 0 heterocycles. The zero-order chi connectivity index (χ0) is 14.3. The van der Waals surface area contributed by atoms with Crippen molar-refractivity contribution in [1.29, 1.82) is 0 Å². The highest BCUT2D eigenvalue weighted by atomic mass is 16.2. The molecule has 0 radical (unpaired) electrons. The quantitative estimate of drug-likeness (QED) is 0.738. The van der Waals surface area contributed by atoms with Gasteiger partial charge in [0, 0.05) is 30.5 Å². The van der Waals surface area contributed by atoms with Crippen LogP contribution < -0.4 is 16.0 Å². The first kappa shape index (κ1) is 15.3. The van der Waals surface area contributed by atoms with Crippen LogP contribution in [0.25, 0.3) is 0 Å². The number of nitrogens with one attached hydrogen (secondary N) is 3. The largest absolute Gasteiger partial charge is 0.384 e. The van der Waals surface area contributed by atoms with Crippen LogP contribution >= 0.6 is 0 Å². The number of amides is 2. The molecule has 0 fully saturated rings. The smallest absolute Gasteiger partial charge is 0.319 e. The molecule has 1 rings (SSSR count). The fraction of sp³-hybridized carbons (Fsp3) is 0.500. The van der Waals surface area contributed by atoms with Crippen LogP contribution in [-0.4, -0.2) is 44.2 Å². The highest BCUT2D eigenvalue weighted by Crippen LogP contribution is 2.13. The summed E-state index contributed by atoms with van der Waals surface area (Å²) < 4.78 is 0. The minimum Gasteiger partial charge on any atom is -0.384 e. The lowest BCUT2D eigenvalue weighted by molar-refractivity contribution is 0.250. The van der Waals surface area contributed by atoms with Gasteiger partial charge in [0.25, 0.3) is 0 Å². The van der Waals surface area contributed by atoms with Crippen LogP contribution in [-0.2, 0) is 0 Å². The van der Waals surface area contributed by atoms with E-state index in [-0.39, 0.29) is 12.1 Å². The van der Waals surface area contributed by atoms with E-state index in [1.807, 2.05) is 52.2 Å². The SMILES string of the molecule is CC(C)NC(=O)Nc1ccc(NCCN(C)C)cc1. The predicted octanol–water partition coefficient (Wildman–Crippen LogP) is 2.19. The van der Waals surface area contributed by atoms with Gasteiger partial charge in [0.1, 0.15) is 0 Å². The summed E-state index contributed by atoms with van der Waals surface area (Å²) in [6.45, 7) is 5.74. The van der Waals surface area contributed by atoms with E-state index in [2.05, 4.69) is 20.9 Å². The number of urea groups is 1. The topological polar surface area (TPSA) is 56.4 Å². The molecule has 106 valence electrons. The van der Waals surface area contributed by atoms with Crippen LogP contribution in [0.1, 0.15) is 13.8 Å². The maximum atomic E-state index is 11.5. The average Bonchev–Trinajstić information content (AvgIpc) is 2.29. The minimum atomic E-state index is -0.177. The molecular weight excluding hydrogens is 240 g/mol. The van der Waals surface area contributed by atoms with Crippen molar-refractivity contribution in [3.63, 3.8) is 0 Å². The zero-order valence-corrected chi connectivity index (χ0v) is 12.2. The molecule has 0 bridgehead atoms. The van der Waals surface area contributed by atoms with E-state index in [1.54, 1.807) is 0 Å². The highest BCUT2D eigenvalue weighted by molar-refractivity contribution is 5.89. The van der Waals surface area contributed by atoms with Gasteiger partial charge in [0.2, 0.25) is 0 Å². The molecule has 3 N–H and O–H groups in total. The molecule has 0 aliphatic carbocycles. The number of carbonyl (C=O) groups excluding carboxylic acids is 1. The molecule has 0 aromatic heterocycles. The van der Waals surface area contributed by atoms with Crippen molar-refractivity contribution in [1.82, 2.24) is 10.2 Å². The fourth-order valence-electron chi connectivity index (χ4n) is 1.52. The number of anilines is 2. The molecule has 1 aromatic carbocycles. The van der Waals surface area contributed by atoms with Gasteiger partial charge in [-0.25, -0.2) is 4.79 Å². The second kappa shape index (κ2) is 7.63. The maximum absolute atomic E-state index is 11.5. The van der Waals surface area contributed by atoms with Crippen molar-refractivity contribution in [2.45, 2.75) is 19.9 Å². The van der Waals surface area contributed by atoms with E-state index in [4.69, 9.17) is 0 Å². The van der Waals surface area contributed by atoms with Crippen molar-refractivity contribution < 1.29 is 4.79 Å². The second-order valence-electron chi connectivity index (χ2n) is 5.06. The van der Waals surface area contributed by atoms with Crippen LogP contribution in [0.15, 0.2) is 24.3 Å². The van der Waals surface area contributed by atoms with Gasteiger partial charge in [0.15, 0.2) is 0 Å². The monoisotopic (exact) mass is 264 g/mol. The average molecular weight is 264 g/mol. The van der Waals surface area contributed by atoms with Gasteiger partial charge in [-0.1, -0.05) is 0 Å². The van der Waals surface area contributed by atoms with Crippen LogP contribution in [0.3, 0.4) is 0 Å². The van der Waals surface area contributed by atoms with E-state index >= 15 is 0 Å². The Morgan fingerprint density at radius 2 is 1.74 bits per heavy atom. The number of hydrogen-bond acceptors (Lipinski definition) is 3. The molecule has 0 saturated carbocycles. The van der Waals surface area contributed by atoms with Crippen molar-refractivity contribution >= 4 is 17.4 Å². The van der Waals surface area contributed by atoms with E-state index < -0.39 is 0 Å². The number of nitrogens with zero attached hydrogens (tertiary/aromatic N) is 1. The molecule has 0 spiro atoms. The van der Waals surface area contributed by atoms with Gasteiger partial charge in [-0.3, -0.25) is 0 Å². The molecular formula is C14H24N4O. The Labute approximate surface area is 115 Å². The normalized spacial score (nSPS) is 10.6. The summed E-state index contributed by atoms with van der Waals surface area (Å²) in [5, 5.41) is 8.89. The number of likely N-dealkylation sites (N-methyl/N-ethyl adjacent to an activating group) is 1. The Bertz CT molecular complexity index is 387. The van der Waals surface area contributed by atoms with Crippen molar-refractivity contribution in [2.24, 2.45) is 0 Å². The fourth-order valence-corrected chi connectivity index (χ4v) is 1.52. The van der Waals surface area contributed by atoms with Crippen molar-refractivity contribution in [3.05, 3.63) is 24.3 Å². The van der Waals surface area contributed by atoms with Gasteiger partial charge in [-0.15, -0.1) is 0 Å². The standard InChI is InChI=1S/C14H24N4O/c1-11(2)16-14(19)17-13-7-5-12(6-8-13)15-9-10-18(3)4/h5-8,11,15H,9-10H2,1-4H3,(H2,16,17,19). The van der Waals surface area contributed by atoms with Crippen molar-refractivity contribution in [2.75, 3.05) is 37.8 Å². The predicted molar refractivity (Wildman–Crippen MR) is 80.8 cm³/mol. The molecule has 0 aliphatic rings. The Morgan fingerprint density at radius 3 is 2.26 bits per heavy atom. The molecule has 1 aromatic rings. The lowest BCUT2D eigenvalue weighted by Crippen LogP contribution is -2.34. The molecule has 0 atom stereocenters. The third-order valence-corrected chi connectivity index (χ3v) is 2.45. The number of hydrogen-bond donors (Lipinski definition) is 3. The first-order chi connectivity index (χ1) is 8.97. The van der Waals surface area contributed by atoms with Gasteiger partial charge in [-0.05, 0) is 52.2 Å². The van der Waals surface area contributed by atoms with Crippen LogP contribution in [0.2, 0.25) is 0 Å². The van der Waals surface area contributed by atoms with Gasteiger partial charge < -0.3 is 20.9 Å². The number of benzene rings is 1. The summed E-state index contributed by atoms with van der Waals surface area (Å²) in [7, 11) is 4.09. The molecule has 0 unspecified atom stereocenters. The van der Waals surface area contributed by atoms with Crippen LogP contribution in [0.5, 0.6) is 0 Å². The molecule has 0 aliphatic heterocycles. The Kier molecular flexibility index (Phi) is 6.15. The summed E-state index contributed by atoms with van der Waals surface area (Å²) in [6.07, 6.45) is 0. The van der Waals surface area contributed by atoms with E-state index in [0.717, 1.165) is 24.5 Å². The summed E-state index contributed by atoms with van der Waals surface area (Å²) in [4.78, 5) is 13.6. The highest BCUT2D eigenvalue weighted by Gasteiger charge is 2.02. The molecule has 0 saturated heterocycles. The molecule has 5 nitrogen and oxygen atoms in total. The Morgan fingerprint density at radius 1 is 1.16 bits per heavy atom. The van der Waals surface area contributed by atoms with Gasteiger partial charge in [0.05, 0.1) is 0 Å². The first-order valence-electron chi connectivity index (χ1n) is 6.53. The summed E-state index contributed by atoms with van der Waals surface area (Å²) in [6, 6.07) is 7.65. The summed E-state index contributed by atoms with van der Waals surface area (Å²) >= 11 is 0. The Hall–Kier alpha value is -1.75. The third-order valence-electron chi connectivity index (χ3n) is 2.45. The van der Waals surface area contributed by atoms with Crippen molar-refractivity contribution in [3.8, 4) is 0 Å². The van der Waals surface area contributed by atoms with Crippen LogP contribution in [0, 0.1) is 0 Å². The molecule has 5 heteroatoms. The Balaban J connectivity index is 2.41. The van der Waals surface area contributed by atoms with Crippen LogP contribution in [0.4, 0.5) is 16.2 Å². The van der Waals surface area contributed by atoms with E-state index in [0.29, 0.717) is 0 Å². The summed E-state index contributed by atoms with van der Waals surface area (Å²) in [5.41, 5.74) is 1.84. The van der Waals surface area contributed by atoms with E-state index in [9.17, 15) is 4.79 Å². The molecule has 2 amide bonds. The number of rotatable bonds is 6.